The van der Waals surface area contributed by atoms with Crippen molar-refractivity contribution < 1.29 is 14.6 Å². The summed E-state index contributed by atoms with van der Waals surface area (Å²) in [5.74, 6) is -0.308. The Hall–Kier alpha value is -0.970. The molecule has 1 aromatic rings. The fourth-order valence-electron chi connectivity index (χ4n) is 2.67. The molecule has 1 aliphatic carbocycles. The van der Waals surface area contributed by atoms with Crippen LogP contribution in [-0.4, -0.2) is 40.9 Å². The molecule has 3 nitrogen and oxygen atoms in total. The van der Waals surface area contributed by atoms with Crippen molar-refractivity contribution in [1.82, 2.24) is 4.90 Å². The van der Waals surface area contributed by atoms with Crippen molar-refractivity contribution >= 4 is 0 Å². The molecule has 1 atom stereocenters. The summed E-state index contributed by atoms with van der Waals surface area (Å²) in [7, 11) is 0. The highest BCUT2D eigenvalue weighted by molar-refractivity contribution is 5.18. The highest BCUT2D eigenvalue weighted by Gasteiger charge is 2.24. The van der Waals surface area contributed by atoms with Gasteiger partial charge in [-0.15, -0.1) is 0 Å². The van der Waals surface area contributed by atoms with Crippen LogP contribution < -0.4 is 0 Å². The van der Waals surface area contributed by atoms with Gasteiger partial charge in [-0.2, -0.15) is 0 Å². The first-order valence-corrected chi connectivity index (χ1v) is 7.49. The molecule has 2 N–H and O–H groups in total. The number of halogens is 1. The summed E-state index contributed by atoms with van der Waals surface area (Å²) in [4.78, 5) is 2.35. The minimum atomic E-state index is -0.623. The smallest absolute Gasteiger partial charge is 0.123 e. The second-order valence-corrected chi connectivity index (χ2v) is 5.56. The summed E-state index contributed by atoms with van der Waals surface area (Å²) in [6.45, 7) is 1.87. The third-order valence-corrected chi connectivity index (χ3v) is 4.12. The molecule has 0 radical (unpaired) electrons. The molecule has 4 heteroatoms. The van der Waals surface area contributed by atoms with Crippen LogP contribution in [0, 0.1) is 5.82 Å². The number of hydrogen-bond acceptors (Lipinski definition) is 3. The van der Waals surface area contributed by atoms with E-state index in [1.165, 1.54) is 31.4 Å². The Bertz CT molecular complexity index is 409. The lowest BCUT2D eigenvalue weighted by atomic mass is 9.91. The highest BCUT2D eigenvalue weighted by Crippen LogP contribution is 2.26. The summed E-state index contributed by atoms with van der Waals surface area (Å²) in [5.41, 5.74) is 0.640. The van der Waals surface area contributed by atoms with E-state index in [1.807, 2.05) is 0 Å². The molecular formula is C16H24FNO2. The summed E-state index contributed by atoms with van der Waals surface area (Å²) in [5, 5.41) is 19.1. The molecule has 0 saturated heterocycles. The largest absolute Gasteiger partial charge is 0.396 e. The molecule has 0 aromatic heterocycles. The number of aliphatic hydroxyl groups is 2. The lowest BCUT2D eigenvalue weighted by Gasteiger charge is -2.38. The van der Waals surface area contributed by atoms with E-state index in [9.17, 15) is 9.50 Å². The Morgan fingerprint density at radius 2 is 2.10 bits per heavy atom. The summed E-state index contributed by atoms with van der Waals surface area (Å²) >= 11 is 0. The molecule has 0 spiro atoms. The van der Waals surface area contributed by atoms with Gasteiger partial charge in [0.15, 0.2) is 0 Å². The van der Waals surface area contributed by atoms with Crippen LogP contribution in [0.1, 0.15) is 43.8 Å². The van der Waals surface area contributed by atoms with E-state index in [2.05, 4.69) is 4.90 Å². The van der Waals surface area contributed by atoms with E-state index in [4.69, 9.17) is 5.11 Å². The van der Waals surface area contributed by atoms with Crippen LogP contribution in [0.15, 0.2) is 24.3 Å². The summed E-state index contributed by atoms with van der Waals surface area (Å²) in [6.07, 6.45) is 4.44. The first-order chi connectivity index (χ1) is 9.70. The third kappa shape index (κ3) is 4.27. The van der Waals surface area contributed by atoms with Gasteiger partial charge in [0.1, 0.15) is 5.82 Å². The Labute approximate surface area is 120 Å². The van der Waals surface area contributed by atoms with Gasteiger partial charge in [0.05, 0.1) is 6.10 Å². The molecule has 0 heterocycles. The maximum absolute atomic E-state index is 13.1. The van der Waals surface area contributed by atoms with Crippen LogP contribution >= 0.6 is 0 Å². The van der Waals surface area contributed by atoms with Crippen LogP contribution in [0.25, 0.3) is 0 Å². The molecule has 1 fully saturated rings. The maximum atomic E-state index is 13.1. The first kappa shape index (κ1) is 15.4. The number of rotatable bonds is 8. The Morgan fingerprint density at radius 3 is 2.70 bits per heavy atom. The molecule has 0 bridgehead atoms. The average Bonchev–Trinajstić information content (AvgIpc) is 2.39. The van der Waals surface area contributed by atoms with Gasteiger partial charge in [-0.25, -0.2) is 4.39 Å². The molecule has 20 heavy (non-hydrogen) atoms. The van der Waals surface area contributed by atoms with Gasteiger partial charge < -0.3 is 15.1 Å². The van der Waals surface area contributed by atoms with Gasteiger partial charge in [-0.3, -0.25) is 0 Å². The lowest BCUT2D eigenvalue weighted by molar-refractivity contribution is 0.0863. The molecule has 1 saturated carbocycles. The zero-order valence-corrected chi connectivity index (χ0v) is 11.8. The highest BCUT2D eigenvalue weighted by atomic mass is 19.1. The van der Waals surface area contributed by atoms with Gasteiger partial charge >= 0.3 is 0 Å². The number of aliphatic hydroxyl groups excluding tert-OH is 2. The molecule has 1 aliphatic rings. The summed E-state index contributed by atoms with van der Waals surface area (Å²) < 4.78 is 13.1. The van der Waals surface area contributed by atoms with E-state index in [1.54, 1.807) is 12.1 Å². The molecular weight excluding hydrogens is 257 g/mol. The van der Waals surface area contributed by atoms with Gasteiger partial charge in [0, 0.05) is 25.7 Å². The molecule has 0 amide bonds. The average molecular weight is 281 g/mol. The van der Waals surface area contributed by atoms with Crippen LogP contribution in [0.3, 0.4) is 0 Å². The molecule has 1 unspecified atom stereocenters. The second kappa shape index (κ2) is 7.72. The number of benzene rings is 1. The Kier molecular flexibility index (Phi) is 5.95. The van der Waals surface area contributed by atoms with Crippen molar-refractivity contribution in [3.8, 4) is 0 Å². The van der Waals surface area contributed by atoms with Crippen molar-refractivity contribution in [1.29, 1.82) is 0 Å². The van der Waals surface area contributed by atoms with Crippen molar-refractivity contribution in [3.63, 3.8) is 0 Å². The minimum Gasteiger partial charge on any atom is -0.396 e. The fourth-order valence-corrected chi connectivity index (χ4v) is 2.67. The van der Waals surface area contributed by atoms with Crippen molar-refractivity contribution in [2.24, 2.45) is 0 Å². The van der Waals surface area contributed by atoms with E-state index in [-0.39, 0.29) is 12.4 Å². The van der Waals surface area contributed by atoms with Crippen LogP contribution in [0.4, 0.5) is 4.39 Å². The van der Waals surface area contributed by atoms with Crippen LogP contribution in [0.2, 0.25) is 0 Å². The predicted octanol–water partition coefficient (Wildman–Crippen LogP) is 2.49. The zero-order chi connectivity index (χ0) is 14.4. The normalized spacial score (nSPS) is 17.2. The predicted molar refractivity (Wildman–Crippen MR) is 76.9 cm³/mol. The third-order valence-electron chi connectivity index (χ3n) is 4.12. The van der Waals surface area contributed by atoms with E-state index < -0.39 is 6.10 Å². The molecule has 0 aliphatic heterocycles. The van der Waals surface area contributed by atoms with Gasteiger partial charge in [-0.05, 0) is 43.4 Å². The Balaban J connectivity index is 1.84. The van der Waals surface area contributed by atoms with E-state index in [0.717, 1.165) is 19.5 Å². The Morgan fingerprint density at radius 1 is 1.30 bits per heavy atom. The first-order valence-electron chi connectivity index (χ1n) is 7.49. The second-order valence-electron chi connectivity index (χ2n) is 5.56. The monoisotopic (exact) mass is 281 g/mol. The standard InChI is InChI=1S/C16H24FNO2/c17-14-5-1-4-13(12-14)16(20)8-10-18(9-3-11-19)15-6-2-7-15/h1,4-5,12,15-16,19-20H,2-3,6-11H2. The number of hydrogen-bond donors (Lipinski definition) is 2. The van der Waals surface area contributed by atoms with Crippen molar-refractivity contribution in [3.05, 3.63) is 35.6 Å². The van der Waals surface area contributed by atoms with Crippen LogP contribution in [0.5, 0.6) is 0 Å². The van der Waals surface area contributed by atoms with Crippen molar-refractivity contribution in [2.75, 3.05) is 19.7 Å². The SMILES string of the molecule is OCCCN(CCC(O)c1cccc(F)c1)C1CCC1. The lowest BCUT2D eigenvalue weighted by Crippen LogP contribution is -2.41. The van der Waals surface area contributed by atoms with Gasteiger partial charge in [-0.1, -0.05) is 18.6 Å². The van der Waals surface area contributed by atoms with E-state index in [0.29, 0.717) is 18.0 Å². The minimum absolute atomic E-state index is 0.204. The zero-order valence-electron chi connectivity index (χ0n) is 11.8. The maximum Gasteiger partial charge on any atom is 0.123 e. The number of nitrogens with zero attached hydrogens (tertiary/aromatic N) is 1. The quantitative estimate of drug-likeness (QED) is 0.769. The molecule has 1 aromatic carbocycles. The van der Waals surface area contributed by atoms with Gasteiger partial charge in [0.25, 0.3) is 0 Å². The van der Waals surface area contributed by atoms with Gasteiger partial charge in [0.2, 0.25) is 0 Å². The van der Waals surface area contributed by atoms with Crippen molar-refractivity contribution in [2.45, 2.75) is 44.2 Å². The van der Waals surface area contributed by atoms with E-state index >= 15 is 0 Å². The van der Waals surface area contributed by atoms with Crippen LogP contribution in [-0.2, 0) is 0 Å². The molecule has 2 rings (SSSR count). The topological polar surface area (TPSA) is 43.7 Å². The molecule has 112 valence electrons. The fraction of sp³-hybridized carbons (Fsp3) is 0.625. The summed E-state index contributed by atoms with van der Waals surface area (Å²) in [6, 6.07) is 6.77.